The van der Waals surface area contributed by atoms with Crippen molar-refractivity contribution in [1.82, 2.24) is 4.90 Å². The summed E-state index contributed by atoms with van der Waals surface area (Å²) in [6, 6.07) is 0. The Hall–Kier alpha value is -0.570. The monoisotopic (exact) mass is 130 g/mol. The highest BCUT2D eigenvalue weighted by Gasteiger charge is 1.78. The molecule has 0 spiro atoms. The fourth-order valence-electron chi connectivity index (χ4n) is 0.383. The van der Waals surface area contributed by atoms with Gasteiger partial charge in [-0.3, -0.25) is 4.99 Å². The Balaban J connectivity index is 3.04. The summed E-state index contributed by atoms with van der Waals surface area (Å²) in [5, 5.41) is 8.34. The minimum Gasteiger partial charge on any atom is -0.396 e. The summed E-state index contributed by atoms with van der Waals surface area (Å²) in [5.74, 6) is 0. The number of hydrogen-bond donors (Lipinski definition) is 1. The van der Waals surface area contributed by atoms with E-state index in [1.807, 2.05) is 19.0 Å². The van der Waals surface area contributed by atoms with Crippen LogP contribution >= 0.6 is 0 Å². The van der Waals surface area contributed by atoms with Crippen LogP contribution in [-0.4, -0.2) is 43.6 Å². The van der Waals surface area contributed by atoms with Gasteiger partial charge < -0.3 is 10.0 Å². The molecule has 0 aromatic rings. The van der Waals surface area contributed by atoms with E-state index in [0.717, 1.165) is 6.42 Å². The zero-order valence-corrected chi connectivity index (χ0v) is 6.04. The van der Waals surface area contributed by atoms with Crippen molar-refractivity contribution in [2.45, 2.75) is 6.42 Å². The second-order valence-corrected chi connectivity index (χ2v) is 2.06. The van der Waals surface area contributed by atoms with E-state index < -0.39 is 0 Å². The first-order chi connectivity index (χ1) is 4.27. The summed E-state index contributed by atoms with van der Waals surface area (Å²) in [6.45, 7) is 0.944. The Bertz CT molecular complexity index is 81.1. The molecule has 0 fully saturated rings. The maximum absolute atomic E-state index is 8.34. The topological polar surface area (TPSA) is 35.8 Å². The average Bonchev–Trinajstić information content (AvgIpc) is 1.80. The molecule has 0 aromatic heterocycles. The Labute approximate surface area is 56.0 Å². The summed E-state index contributed by atoms with van der Waals surface area (Å²) >= 11 is 0. The molecule has 3 heteroatoms. The third-order valence-corrected chi connectivity index (χ3v) is 0.758. The molecule has 0 aliphatic heterocycles. The van der Waals surface area contributed by atoms with E-state index >= 15 is 0 Å². The first-order valence-corrected chi connectivity index (χ1v) is 3.04. The van der Waals surface area contributed by atoms with Crippen molar-refractivity contribution in [3.05, 3.63) is 0 Å². The van der Waals surface area contributed by atoms with Gasteiger partial charge in [0.05, 0.1) is 6.34 Å². The average molecular weight is 130 g/mol. The predicted octanol–water partition coefficient (Wildman–Crippen LogP) is -0.0413. The van der Waals surface area contributed by atoms with E-state index in [9.17, 15) is 0 Å². The molecule has 0 amide bonds. The molecule has 0 saturated carbocycles. The fraction of sp³-hybridized carbons (Fsp3) is 0.833. The number of aliphatic hydroxyl groups excluding tert-OH is 1. The summed E-state index contributed by atoms with van der Waals surface area (Å²) in [6.07, 6.45) is 2.50. The van der Waals surface area contributed by atoms with Gasteiger partial charge in [0.1, 0.15) is 0 Å². The Morgan fingerprint density at radius 1 is 1.56 bits per heavy atom. The van der Waals surface area contributed by atoms with Crippen LogP contribution < -0.4 is 0 Å². The fourth-order valence-corrected chi connectivity index (χ4v) is 0.383. The van der Waals surface area contributed by atoms with Gasteiger partial charge in [-0.05, 0) is 6.42 Å². The normalized spacial score (nSPS) is 10.6. The molecule has 0 aromatic carbocycles. The zero-order chi connectivity index (χ0) is 7.11. The molecule has 1 N–H and O–H groups in total. The van der Waals surface area contributed by atoms with Crippen molar-refractivity contribution in [2.24, 2.45) is 4.99 Å². The van der Waals surface area contributed by atoms with Crippen LogP contribution in [0, 0.1) is 0 Å². The maximum Gasteiger partial charge on any atom is 0.0844 e. The molecule has 54 valence electrons. The van der Waals surface area contributed by atoms with E-state index in [0.29, 0.717) is 6.54 Å². The van der Waals surface area contributed by atoms with Gasteiger partial charge in [-0.15, -0.1) is 0 Å². The van der Waals surface area contributed by atoms with E-state index in [1.54, 1.807) is 6.34 Å². The van der Waals surface area contributed by atoms with Crippen LogP contribution in [-0.2, 0) is 0 Å². The minimum absolute atomic E-state index is 0.227. The Kier molecular flexibility index (Phi) is 5.21. The van der Waals surface area contributed by atoms with Gasteiger partial charge >= 0.3 is 0 Å². The lowest BCUT2D eigenvalue weighted by Gasteiger charge is -2.00. The molecular weight excluding hydrogens is 116 g/mol. The van der Waals surface area contributed by atoms with Crippen molar-refractivity contribution in [1.29, 1.82) is 0 Å². The van der Waals surface area contributed by atoms with Crippen molar-refractivity contribution in [3.8, 4) is 0 Å². The molecular formula is C6H14N2O. The second kappa shape index (κ2) is 5.56. The first-order valence-electron chi connectivity index (χ1n) is 3.04. The van der Waals surface area contributed by atoms with Gasteiger partial charge in [-0.1, -0.05) is 0 Å². The standard InChI is InChI=1S/C6H14N2O/c1-8(2)6-7-4-3-5-9/h6,9H,3-5H2,1-2H3. The van der Waals surface area contributed by atoms with E-state index in [-0.39, 0.29) is 6.61 Å². The number of hydrogen-bond acceptors (Lipinski definition) is 2. The molecule has 0 unspecified atom stereocenters. The van der Waals surface area contributed by atoms with Crippen LogP contribution in [0.5, 0.6) is 0 Å². The lowest BCUT2D eigenvalue weighted by atomic mass is 10.5. The lowest BCUT2D eigenvalue weighted by Crippen LogP contribution is -2.08. The Morgan fingerprint density at radius 3 is 2.67 bits per heavy atom. The Morgan fingerprint density at radius 2 is 2.22 bits per heavy atom. The van der Waals surface area contributed by atoms with E-state index in [4.69, 9.17) is 5.11 Å². The van der Waals surface area contributed by atoms with Crippen LogP contribution in [0.4, 0.5) is 0 Å². The second-order valence-electron chi connectivity index (χ2n) is 2.06. The minimum atomic E-state index is 0.227. The molecule has 0 rings (SSSR count). The highest BCUT2D eigenvalue weighted by Crippen LogP contribution is 1.76. The van der Waals surface area contributed by atoms with Crippen LogP contribution in [0.25, 0.3) is 0 Å². The van der Waals surface area contributed by atoms with Gasteiger partial charge in [0.2, 0.25) is 0 Å². The van der Waals surface area contributed by atoms with Gasteiger partial charge in [-0.2, -0.15) is 0 Å². The largest absolute Gasteiger partial charge is 0.396 e. The highest BCUT2D eigenvalue weighted by molar-refractivity contribution is 5.53. The van der Waals surface area contributed by atoms with Gasteiger partial charge in [-0.25, -0.2) is 0 Å². The predicted molar refractivity (Wildman–Crippen MR) is 38.7 cm³/mol. The van der Waals surface area contributed by atoms with Crippen molar-refractivity contribution >= 4 is 6.34 Å². The lowest BCUT2D eigenvalue weighted by molar-refractivity contribution is 0.291. The molecule has 0 aliphatic rings. The van der Waals surface area contributed by atoms with Crippen molar-refractivity contribution in [3.63, 3.8) is 0 Å². The van der Waals surface area contributed by atoms with Gasteiger partial charge in [0.25, 0.3) is 0 Å². The number of aliphatic hydroxyl groups is 1. The SMILES string of the molecule is CN(C)C=NCCCO. The number of nitrogens with zero attached hydrogens (tertiary/aromatic N) is 2. The molecule has 0 saturated heterocycles. The molecule has 9 heavy (non-hydrogen) atoms. The van der Waals surface area contributed by atoms with Crippen molar-refractivity contribution in [2.75, 3.05) is 27.2 Å². The first kappa shape index (κ1) is 8.43. The quantitative estimate of drug-likeness (QED) is 0.329. The van der Waals surface area contributed by atoms with Crippen molar-refractivity contribution < 1.29 is 5.11 Å². The van der Waals surface area contributed by atoms with E-state index in [1.165, 1.54) is 0 Å². The van der Waals surface area contributed by atoms with E-state index in [2.05, 4.69) is 4.99 Å². The highest BCUT2D eigenvalue weighted by atomic mass is 16.2. The summed E-state index contributed by atoms with van der Waals surface area (Å²) in [4.78, 5) is 5.87. The third kappa shape index (κ3) is 7.43. The van der Waals surface area contributed by atoms with Gasteiger partial charge in [0.15, 0.2) is 0 Å². The van der Waals surface area contributed by atoms with Crippen LogP contribution in [0.3, 0.4) is 0 Å². The van der Waals surface area contributed by atoms with Crippen LogP contribution in [0.1, 0.15) is 6.42 Å². The summed E-state index contributed by atoms with van der Waals surface area (Å²) in [5.41, 5.74) is 0. The zero-order valence-electron chi connectivity index (χ0n) is 6.04. The molecule has 0 heterocycles. The van der Waals surface area contributed by atoms with Crippen LogP contribution in [0.15, 0.2) is 4.99 Å². The third-order valence-electron chi connectivity index (χ3n) is 0.758. The number of aliphatic imine (C=N–C) groups is 1. The maximum atomic E-state index is 8.34. The molecule has 0 aliphatic carbocycles. The summed E-state index contributed by atoms with van der Waals surface area (Å²) in [7, 11) is 3.84. The number of rotatable bonds is 4. The van der Waals surface area contributed by atoms with Gasteiger partial charge in [0, 0.05) is 27.2 Å². The smallest absolute Gasteiger partial charge is 0.0844 e. The van der Waals surface area contributed by atoms with Crippen LogP contribution in [0.2, 0.25) is 0 Å². The summed E-state index contributed by atoms with van der Waals surface area (Å²) < 4.78 is 0. The molecule has 0 radical (unpaired) electrons. The molecule has 0 atom stereocenters. The molecule has 0 bridgehead atoms. The molecule has 3 nitrogen and oxygen atoms in total.